The highest BCUT2D eigenvalue weighted by Crippen LogP contribution is 2.32. The molecule has 0 unspecified atom stereocenters. The number of hydrogen-bond donors (Lipinski definition) is 1. The van der Waals surface area contributed by atoms with Crippen molar-refractivity contribution >= 4 is 5.69 Å². The van der Waals surface area contributed by atoms with Crippen molar-refractivity contribution in [2.45, 2.75) is 19.3 Å². The molecule has 1 aliphatic rings. The Balaban J connectivity index is 1.91. The van der Waals surface area contributed by atoms with Gasteiger partial charge in [0.1, 0.15) is 5.75 Å². The third kappa shape index (κ3) is 2.80. The quantitative estimate of drug-likeness (QED) is 0.865. The Labute approximate surface area is 118 Å². The van der Waals surface area contributed by atoms with Gasteiger partial charge in [0.05, 0.1) is 13.2 Å². The molecule has 5 nitrogen and oxygen atoms in total. The molecular formula is C13H12F3N3O2. The first-order chi connectivity index (χ1) is 9.93. The van der Waals surface area contributed by atoms with Gasteiger partial charge in [0, 0.05) is 23.0 Å². The molecule has 8 heteroatoms. The maximum Gasteiger partial charge on any atom is 0.435 e. The van der Waals surface area contributed by atoms with Crippen LogP contribution < -0.4 is 10.5 Å². The van der Waals surface area contributed by atoms with E-state index < -0.39 is 11.9 Å². The Hall–Kier alpha value is -2.22. The fourth-order valence-electron chi connectivity index (χ4n) is 2.22. The molecule has 0 atom stereocenters. The van der Waals surface area contributed by atoms with Gasteiger partial charge in [0.25, 0.3) is 0 Å². The number of halogens is 3. The minimum atomic E-state index is -4.45. The molecular weight excluding hydrogens is 287 g/mol. The molecule has 112 valence electrons. The lowest BCUT2D eigenvalue weighted by molar-refractivity contribution is -0.141. The van der Waals surface area contributed by atoms with Crippen LogP contribution in [0.4, 0.5) is 18.9 Å². The smallest absolute Gasteiger partial charge is 0.435 e. The van der Waals surface area contributed by atoms with Gasteiger partial charge in [-0.25, -0.2) is 0 Å². The fourth-order valence-corrected chi connectivity index (χ4v) is 2.22. The van der Waals surface area contributed by atoms with Crippen LogP contribution >= 0.6 is 0 Å². The normalized spacial score (nSPS) is 14.6. The third-order valence-electron chi connectivity index (χ3n) is 3.07. The maximum atomic E-state index is 12.5. The van der Waals surface area contributed by atoms with Crippen LogP contribution in [0.2, 0.25) is 0 Å². The monoisotopic (exact) mass is 299 g/mol. The number of hydrogen-bond acceptors (Lipinski definition) is 4. The van der Waals surface area contributed by atoms with Crippen LogP contribution in [-0.2, 0) is 24.1 Å². The summed E-state index contributed by atoms with van der Waals surface area (Å²) in [6, 6.07) is 4.32. The highest BCUT2D eigenvalue weighted by molar-refractivity contribution is 5.53. The van der Waals surface area contributed by atoms with Gasteiger partial charge in [0.2, 0.25) is 0 Å². The van der Waals surface area contributed by atoms with E-state index >= 15 is 0 Å². The number of nitrogens with zero attached hydrogens (tertiary/aromatic N) is 2. The van der Waals surface area contributed by atoms with Crippen molar-refractivity contribution in [3.63, 3.8) is 0 Å². The van der Waals surface area contributed by atoms with Crippen molar-refractivity contribution in [2.75, 3.05) is 12.5 Å². The van der Waals surface area contributed by atoms with Gasteiger partial charge < -0.3 is 15.2 Å². The van der Waals surface area contributed by atoms with Gasteiger partial charge in [-0.1, -0.05) is 0 Å². The molecule has 0 saturated heterocycles. The van der Waals surface area contributed by atoms with Crippen molar-refractivity contribution in [3.8, 4) is 5.75 Å². The van der Waals surface area contributed by atoms with Crippen LogP contribution in [0.5, 0.6) is 5.75 Å². The SMILES string of the molecule is Nc1cc2c(c(Cn3ccc(C(F)(F)F)n3)c1)OCOC2. The van der Waals surface area contributed by atoms with Gasteiger partial charge in [-0.3, -0.25) is 4.68 Å². The summed E-state index contributed by atoms with van der Waals surface area (Å²) in [6.45, 7) is 0.612. The summed E-state index contributed by atoms with van der Waals surface area (Å²) in [5.74, 6) is 0.597. The van der Waals surface area contributed by atoms with E-state index in [2.05, 4.69) is 5.10 Å². The summed E-state index contributed by atoms with van der Waals surface area (Å²) < 4.78 is 49.4. The molecule has 0 amide bonds. The van der Waals surface area contributed by atoms with E-state index in [1.165, 1.54) is 10.9 Å². The minimum Gasteiger partial charge on any atom is -0.467 e. The van der Waals surface area contributed by atoms with Gasteiger partial charge in [-0.2, -0.15) is 18.3 Å². The number of ether oxygens (including phenoxy) is 2. The Bertz CT molecular complexity index is 667. The Morgan fingerprint density at radius 2 is 2.14 bits per heavy atom. The lowest BCUT2D eigenvalue weighted by atomic mass is 10.1. The average molecular weight is 299 g/mol. The zero-order chi connectivity index (χ0) is 15.0. The standard InChI is InChI=1S/C13H12F3N3O2/c14-13(15,16)11-1-2-19(18-11)5-8-3-10(17)4-9-6-20-7-21-12(8)9/h1-4H,5-7,17H2. The molecule has 1 aromatic carbocycles. The van der Waals surface area contributed by atoms with Crippen LogP contribution in [0, 0.1) is 0 Å². The second kappa shape index (κ2) is 4.96. The van der Waals surface area contributed by atoms with E-state index in [0.29, 0.717) is 23.6 Å². The molecule has 0 bridgehead atoms. The summed E-state index contributed by atoms with van der Waals surface area (Å²) in [4.78, 5) is 0. The summed E-state index contributed by atoms with van der Waals surface area (Å²) in [7, 11) is 0. The third-order valence-corrected chi connectivity index (χ3v) is 3.07. The first kappa shape index (κ1) is 13.7. The minimum absolute atomic E-state index is 0.108. The molecule has 0 radical (unpaired) electrons. The van der Waals surface area contributed by atoms with E-state index in [9.17, 15) is 13.2 Å². The zero-order valence-electron chi connectivity index (χ0n) is 10.9. The summed E-state index contributed by atoms with van der Waals surface area (Å²) >= 11 is 0. The first-order valence-corrected chi connectivity index (χ1v) is 6.16. The Kier molecular flexibility index (Phi) is 3.25. The second-order valence-corrected chi connectivity index (χ2v) is 4.68. The number of nitrogens with two attached hydrogens (primary N) is 1. The second-order valence-electron chi connectivity index (χ2n) is 4.68. The number of alkyl halides is 3. The number of aromatic nitrogens is 2. The van der Waals surface area contributed by atoms with Crippen molar-refractivity contribution in [3.05, 3.63) is 41.2 Å². The lowest BCUT2D eigenvalue weighted by Crippen LogP contribution is -2.15. The fraction of sp³-hybridized carbons (Fsp3) is 0.308. The van der Waals surface area contributed by atoms with Gasteiger partial charge in [-0.05, 0) is 18.2 Å². The van der Waals surface area contributed by atoms with Crippen molar-refractivity contribution in [2.24, 2.45) is 0 Å². The van der Waals surface area contributed by atoms with E-state index in [1.807, 2.05) is 0 Å². The molecule has 21 heavy (non-hydrogen) atoms. The highest BCUT2D eigenvalue weighted by Gasteiger charge is 2.33. The molecule has 1 aromatic heterocycles. The molecule has 2 aromatic rings. The highest BCUT2D eigenvalue weighted by atomic mass is 19.4. The Morgan fingerprint density at radius 3 is 2.86 bits per heavy atom. The topological polar surface area (TPSA) is 62.3 Å². The largest absolute Gasteiger partial charge is 0.467 e. The maximum absolute atomic E-state index is 12.5. The molecule has 0 fully saturated rings. The number of fused-ring (bicyclic) bond motifs is 1. The summed E-state index contributed by atoms with van der Waals surface area (Å²) in [6.07, 6.45) is -3.18. The summed E-state index contributed by atoms with van der Waals surface area (Å²) in [5, 5.41) is 3.52. The number of anilines is 1. The van der Waals surface area contributed by atoms with Crippen LogP contribution in [0.1, 0.15) is 16.8 Å². The first-order valence-electron chi connectivity index (χ1n) is 6.16. The number of benzene rings is 1. The Morgan fingerprint density at radius 1 is 1.33 bits per heavy atom. The number of rotatable bonds is 2. The van der Waals surface area contributed by atoms with Gasteiger partial charge in [0.15, 0.2) is 12.5 Å². The summed E-state index contributed by atoms with van der Waals surface area (Å²) in [5.41, 5.74) is 6.81. The van der Waals surface area contributed by atoms with Crippen molar-refractivity contribution in [1.29, 1.82) is 0 Å². The van der Waals surface area contributed by atoms with E-state index in [0.717, 1.165) is 11.6 Å². The number of nitrogen functional groups attached to an aromatic ring is 1. The zero-order valence-corrected chi connectivity index (χ0v) is 10.9. The van der Waals surface area contributed by atoms with Crippen LogP contribution in [0.15, 0.2) is 24.4 Å². The van der Waals surface area contributed by atoms with Gasteiger partial charge in [-0.15, -0.1) is 0 Å². The average Bonchev–Trinajstić information content (AvgIpc) is 2.87. The van der Waals surface area contributed by atoms with Crippen molar-refractivity contribution in [1.82, 2.24) is 9.78 Å². The molecule has 1 aliphatic heterocycles. The van der Waals surface area contributed by atoms with Gasteiger partial charge >= 0.3 is 6.18 Å². The van der Waals surface area contributed by atoms with Crippen LogP contribution in [0.25, 0.3) is 0 Å². The molecule has 0 aliphatic carbocycles. The predicted molar refractivity (Wildman–Crippen MR) is 67.5 cm³/mol. The van der Waals surface area contributed by atoms with Crippen molar-refractivity contribution < 1.29 is 22.6 Å². The molecule has 0 spiro atoms. The lowest BCUT2D eigenvalue weighted by Gasteiger charge is -2.21. The van der Waals surface area contributed by atoms with E-state index in [4.69, 9.17) is 15.2 Å². The van der Waals surface area contributed by atoms with Crippen LogP contribution in [-0.4, -0.2) is 16.6 Å². The van der Waals surface area contributed by atoms with Crippen LogP contribution in [0.3, 0.4) is 0 Å². The predicted octanol–water partition coefficient (Wildman–Crippen LogP) is 2.40. The molecule has 2 N–H and O–H groups in total. The molecule has 0 saturated carbocycles. The van der Waals surface area contributed by atoms with E-state index in [-0.39, 0.29) is 13.3 Å². The molecule has 3 rings (SSSR count). The van der Waals surface area contributed by atoms with E-state index in [1.54, 1.807) is 12.1 Å². The molecule has 2 heterocycles.